The average molecular weight is 307 g/mol. The van der Waals surface area contributed by atoms with Gasteiger partial charge in [-0.15, -0.1) is 5.10 Å². The molecule has 1 aromatic carbocycles. The van der Waals surface area contributed by atoms with E-state index in [0.29, 0.717) is 17.9 Å². The summed E-state index contributed by atoms with van der Waals surface area (Å²) in [5.74, 6) is 0.932. The van der Waals surface area contributed by atoms with Crippen molar-refractivity contribution >= 4 is 15.5 Å². The van der Waals surface area contributed by atoms with Crippen molar-refractivity contribution in [2.45, 2.75) is 25.8 Å². The molecule has 1 unspecified atom stereocenters. The summed E-state index contributed by atoms with van der Waals surface area (Å²) < 4.78 is 25.2. The Morgan fingerprint density at radius 3 is 2.90 bits per heavy atom. The molecule has 1 fully saturated rings. The fraction of sp³-hybridized carbons (Fsp3) is 0.462. The zero-order valence-corrected chi connectivity index (χ0v) is 12.5. The molecule has 112 valence electrons. The van der Waals surface area contributed by atoms with E-state index in [1.165, 1.54) is 0 Å². The van der Waals surface area contributed by atoms with Crippen LogP contribution in [0.5, 0.6) is 0 Å². The van der Waals surface area contributed by atoms with Gasteiger partial charge in [0.25, 0.3) is 0 Å². The topological polar surface area (TPSA) is 104 Å². The van der Waals surface area contributed by atoms with E-state index < -0.39 is 9.84 Å². The molecule has 3 rings (SSSR count). The molecular formula is C13H17N5O2S. The molecule has 0 amide bonds. The third-order valence-corrected chi connectivity index (χ3v) is 5.61. The fourth-order valence-corrected chi connectivity index (χ4v) is 4.30. The molecule has 0 bridgehead atoms. The van der Waals surface area contributed by atoms with Gasteiger partial charge in [0.1, 0.15) is 0 Å². The number of aryl methyl sites for hydroxylation is 1. The summed E-state index contributed by atoms with van der Waals surface area (Å²) in [6.45, 7) is 1.91. The molecule has 2 N–H and O–H groups in total. The maximum absolute atomic E-state index is 11.8. The standard InChI is InChI=1S/C13H17N5O2S/c1-9-7-10(4-5-12(9)14)13-15-16-17-18(13)11-3-2-6-21(19,20)8-11/h4-5,7,11H,2-3,6,8,14H2,1H3. The predicted octanol–water partition coefficient (Wildman–Crippen LogP) is 0.980. The van der Waals surface area contributed by atoms with Gasteiger partial charge in [-0.05, 0) is 54.0 Å². The average Bonchev–Trinajstić information content (AvgIpc) is 2.90. The van der Waals surface area contributed by atoms with Crippen LogP contribution in [0.1, 0.15) is 24.4 Å². The van der Waals surface area contributed by atoms with Crippen LogP contribution in [0.4, 0.5) is 5.69 Å². The lowest BCUT2D eigenvalue weighted by Gasteiger charge is -2.22. The molecule has 1 aromatic heterocycles. The lowest BCUT2D eigenvalue weighted by molar-refractivity contribution is 0.429. The van der Waals surface area contributed by atoms with Crippen molar-refractivity contribution in [1.82, 2.24) is 20.2 Å². The second-order valence-corrected chi connectivity index (χ2v) is 7.66. The van der Waals surface area contributed by atoms with Gasteiger partial charge in [-0.2, -0.15) is 0 Å². The van der Waals surface area contributed by atoms with E-state index in [9.17, 15) is 8.42 Å². The van der Waals surface area contributed by atoms with E-state index in [2.05, 4.69) is 15.5 Å². The summed E-state index contributed by atoms with van der Waals surface area (Å²) in [6.07, 6.45) is 1.41. The van der Waals surface area contributed by atoms with Crippen LogP contribution < -0.4 is 5.73 Å². The highest BCUT2D eigenvalue weighted by Gasteiger charge is 2.28. The Bertz CT molecular complexity index is 769. The van der Waals surface area contributed by atoms with Crippen LogP contribution in [0.2, 0.25) is 0 Å². The van der Waals surface area contributed by atoms with Gasteiger partial charge in [0.05, 0.1) is 17.5 Å². The first-order valence-electron chi connectivity index (χ1n) is 6.81. The molecule has 1 atom stereocenters. The Morgan fingerprint density at radius 1 is 1.38 bits per heavy atom. The van der Waals surface area contributed by atoms with Gasteiger partial charge in [0.2, 0.25) is 0 Å². The van der Waals surface area contributed by atoms with Gasteiger partial charge >= 0.3 is 0 Å². The summed E-state index contributed by atoms with van der Waals surface area (Å²) in [4.78, 5) is 0. The molecule has 0 saturated carbocycles. The van der Waals surface area contributed by atoms with Crippen LogP contribution in [0.15, 0.2) is 18.2 Å². The summed E-state index contributed by atoms with van der Waals surface area (Å²) >= 11 is 0. The van der Waals surface area contributed by atoms with Crippen molar-refractivity contribution in [3.05, 3.63) is 23.8 Å². The smallest absolute Gasteiger partial charge is 0.182 e. The molecular weight excluding hydrogens is 290 g/mol. The summed E-state index contributed by atoms with van der Waals surface area (Å²) in [5, 5.41) is 11.8. The highest BCUT2D eigenvalue weighted by molar-refractivity contribution is 7.91. The van der Waals surface area contributed by atoms with Gasteiger partial charge < -0.3 is 5.73 Å². The number of hydrogen-bond acceptors (Lipinski definition) is 6. The van der Waals surface area contributed by atoms with Gasteiger partial charge in [-0.25, -0.2) is 13.1 Å². The van der Waals surface area contributed by atoms with Gasteiger partial charge in [-0.3, -0.25) is 0 Å². The molecule has 7 nitrogen and oxygen atoms in total. The van der Waals surface area contributed by atoms with E-state index in [-0.39, 0.29) is 17.5 Å². The molecule has 0 radical (unpaired) electrons. The normalized spacial score (nSPS) is 21.3. The molecule has 0 spiro atoms. The number of benzene rings is 1. The van der Waals surface area contributed by atoms with Crippen LogP contribution in [-0.2, 0) is 9.84 Å². The van der Waals surface area contributed by atoms with E-state index >= 15 is 0 Å². The summed E-state index contributed by atoms with van der Waals surface area (Å²) in [5.41, 5.74) is 8.31. The maximum atomic E-state index is 11.8. The van der Waals surface area contributed by atoms with Crippen molar-refractivity contribution in [3.8, 4) is 11.4 Å². The van der Waals surface area contributed by atoms with E-state index in [0.717, 1.165) is 17.5 Å². The minimum absolute atomic E-state index is 0.0962. The third kappa shape index (κ3) is 2.76. The number of nitrogen functional groups attached to an aromatic ring is 1. The molecule has 1 aliphatic heterocycles. The molecule has 0 aliphatic carbocycles. The Kier molecular flexibility index (Phi) is 3.40. The molecule has 8 heteroatoms. The number of hydrogen-bond donors (Lipinski definition) is 1. The molecule has 1 saturated heterocycles. The summed E-state index contributed by atoms with van der Waals surface area (Å²) in [7, 11) is -3.01. The van der Waals surface area contributed by atoms with Gasteiger partial charge in [0, 0.05) is 11.3 Å². The zero-order valence-electron chi connectivity index (χ0n) is 11.7. The van der Waals surface area contributed by atoms with Crippen LogP contribution >= 0.6 is 0 Å². The lowest BCUT2D eigenvalue weighted by Crippen LogP contribution is -2.28. The van der Waals surface area contributed by atoms with E-state index in [4.69, 9.17) is 5.73 Å². The number of tetrazole rings is 1. The lowest BCUT2D eigenvalue weighted by atomic mass is 10.1. The van der Waals surface area contributed by atoms with Crippen LogP contribution in [0.25, 0.3) is 11.4 Å². The number of aromatic nitrogens is 4. The van der Waals surface area contributed by atoms with E-state index in [1.54, 1.807) is 10.7 Å². The first-order chi connectivity index (χ1) is 9.96. The minimum atomic E-state index is -3.01. The molecule has 2 heterocycles. The Hall–Kier alpha value is -1.96. The molecule has 21 heavy (non-hydrogen) atoms. The number of anilines is 1. The number of rotatable bonds is 2. The predicted molar refractivity (Wildman–Crippen MR) is 79.3 cm³/mol. The monoisotopic (exact) mass is 307 g/mol. The number of nitrogens with zero attached hydrogens (tertiary/aromatic N) is 4. The van der Waals surface area contributed by atoms with Crippen molar-refractivity contribution in [2.75, 3.05) is 17.2 Å². The van der Waals surface area contributed by atoms with Crippen LogP contribution in [0, 0.1) is 6.92 Å². The fourth-order valence-electron chi connectivity index (χ4n) is 2.64. The zero-order chi connectivity index (χ0) is 15.0. The molecule has 1 aliphatic rings. The highest BCUT2D eigenvalue weighted by atomic mass is 32.2. The third-order valence-electron chi connectivity index (χ3n) is 3.81. The van der Waals surface area contributed by atoms with Crippen molar-refractivity contribution < 1.29 is 8.42 Å². The maximum Gasteiger partial charge on any atom is 0.182 e. The van der Waals surface area contributed by atoms with Gasteiger partial charge in [-0.1, -0.05) is 0 Å². The Balaban J connectivity index is 1.99. The second kappa shape index (κ2) is 5.10. The quantitative estimate of drug-likeness (QED) is 0.829. The van der Waals surface area contributed by atoms with Crippen molar-refractivity contribution in [2.24, 2.45) is 0 Å². The number of nitrogens with two attached hydrogens (primary N) is 1. The van der Waals surface area contributed by atoms with Crippen molar-refractivity contribution in [1.29, 1.82) is 0 Å². The van der Waals surface area contributed by atoms with Crippen molar-refractivity contribution in [3.63, 3.8) is 0 Å². The first kappa shape index (κ1) is 14.0. The Labute approximate surface area is 123 Å². The SMILES string of the molecule is Cc1cc(-c2nnnn2C2CCCS(=O)(=O)C2)ccc1N. The summed E-state index contributed by atoms with van der Waals surface area (Å²) in [6, 6.07) is 5.37. The van der Waals surface area contributed by atoms with Gasteiger partial charge in [0.15, 0.2) is 15.7 Å². The van der Waals surface area contributed by atoms with E-state index in [1.807, 2.05) is 19.1 Å². The highest BCUT2D eigenvalue weighted by Crippen LogP contribution is 2.28. The number of sulfone groups is 1. The van der Waals surface area contributed by atoms with Crippen LogP contribution in [-0.4, -0.2) is 40.1 Å². The largest absolute Gasteiger partial charge is 0.399 e. The second-order valence-electron chi connectivity index (χ2n) is 5.43. The van der Waals surface area contributed by atoms with Crippen LogP contribution in [0.3, 0.4) is 0 Å². The minimum Gasteiger partial charge on any atom is -0.399 e. The molecule has 2 aromatic rings. The Morgan fingerprint density at radius 2 is 2.19 bits per heavy atom. The first-order valence-corrected chi connectivity index (χ1v) is 8.63.